The summed E-state index contributed by atoms with van der Waals surface area (Å²) in [6, 6.07) is 2.82. The average Bonchev–Trinajstić information content (AvgIpc) is 2.83. The summed E-state index contributed by atoms with van der Waals surface area (Å²) in [6.45, 7) is 3.03. The zero-order valence-electron chi connectivity index (χ0n) is 10.7. The zero-order valence-corrected chi connectivity index (χ0v) is 12.3. The molecule has 1 heterocycles. The lowest BCUT2D eigenvalue weighted by Crippen LogP contribution is -2.48. The summed E-state index contributed by atoms with van der Waals surface area (Å²) in [5.41, 5.74) is -0.364. The molecule has 2 atom stereocenters. The van der Waals surface area contributed by atoms with Gasteiger partial charge in [0.15, 0.2) is 0 Å². The molecule has 1 fully saturated rings. The van der Waals surface area contributed by atoms with Gasteiger partial charge in [-0.2, -0.15) is 10.4 Å². The van der Waals surface area contributed by atoms with E-state index in [1.54, 1.807) is 0 Å². The molecule has 0 radical (unpaired) electrons. The lowest BCUT2D eigenvalue weighted by molar-refractivity contribution is 0.220. The fourth-order valence-electron chi connectivity index (χ4n) is 2.65. The Hall–Kier alpha value is -0.860. The highest BCUT2D eigenvalue weighted by molar-refractivity contribution is 9.10. The molecule has 0 amide bonds. The topological polar surface area (TPSA) is 53.6 Å². The minimum Gasteiger partial charge on any atom is -0.299 e. The van der Waals surface area contributed by atoms with Crippen LogP contribution in [0.4, 0.5) is 0 Å². The fourth-order valence-corrected chi connectivity index (χ4v) is 2.95. The molecule has 5 heteroatoms. The van der Waals surface area contributed by atoms with Crippen molar-refractivity contribution in [3.8, 4) is 6.07 Å². The monoisotopic (exact) mass is 310 g/mol. The smallest absolute Gasteiger partial charge is 0.108 e. The fraction of sp³-hybridized carbons (Fsp3) is 0.692. The van der Waals surface area contributed by atoms with E-state index in [-0.39, 0.29) is 5.54 Å². The molecule has 0 spiro atoms. The first-order valence-corrected chi connectivity index (χ1v) is 7.34. The molecule has 1 aromatic rings. The van der Waals surface area contributed by atoms with Crippen molar-refractivity contribution in [3.05, 3.63) is 16.9 Å². The van der Waals surface area contributed by atoms with Crippen LogP contribution in [0.15, 0.2) is 16.9 Å². The Balaban J connectivity index is 2.09. The molecule has 1 aromatic heterocycles. The van der Waals surface area contributed by atoms with Crippen LogP contribution in [0.3, 0.4) is 0 Å². The second-order valence-electron chi connectivity index (χ2n) is 5.01. The first-order chi connectivity index (χ1) is 8.69. The minimum atomic E-state index is -0.364. The summed E-state index contributed by atoms with van der Waals surface area (Å²) in [5, 5.41) is 17.3. The normalized spacial score (nSPS) is 27.9. The van der Waals surface area contributed by atoms with E-state index in [1.807, 2.05) is 17.1 Å². The Morgan fingerprint density at radius 1 is 1.72 bits per heavy atom. The Labute approximate surface area is 116 Å². The standard InChI is InChI=1S/C13H19BrN4/c1-2-6-16-13(10-15)5-3-4-12(7-13)18-9-11(14)8-17-18/h8-9,12,16H,2-7H2,1H3. The van der Waals surface area contributed by atoms with Crippen molar-refractivity contribution in [3.63, 3.8) is 0 Å². The molecule has 0 aliphatic heterocycles. The third-order valence-electron chi connectivity index (χ3n) is 3.60. The van der Waals surface area contributed by atoms with Gasteiger partial charge in [0.05, 0.1) is 22.8 Å². The number of hydrogen-bond acceptors (Lipinski definition) is 3. The van der Waals surface area contributed by atoms with E-state index >= 15 is 0 Å². The number of rotatable bonds is 4. The second-order valence-corrected chi connectivity index (χ2v) is 5.93. The van der Waals surface area contributed by atoms with E-state index in [1.165, 1.54) is 0 Å². The van der Waals surface area contributed by atoms with E-state index in [0.29, 0.717) is 6.04 Å². The largest absolute Gasteiger partial charge is 0.299 e. The molecular weight excluding hydrogens is 292 g/mol. The highest BCUT2D eigenvalue weighted by Gasteiger charge is 2.36. The molecule has 1 N–H and O–H groups in total. The number of halogens is 1. The molecule has 4 nitrogen and oxygen atoms in total. The summed E-state index contributed by atoms with van der Waals surface area (Å²) >= 11 is 3.42. The van der Waals surface area contributed by atoms with Gasteiger partial charge in [0.25, 0.3) is 0 Å². The average molecular weight is 311 g/mol. The van der Waals surface area contributed by atoms with Crippen molar-refractivity contribution in [1.82, 2.24) is 15.1 Å². The molecule has 98 valence electrons. The van der Waals surface area contributed by atoms with E-state index < -0.39 is 0 Å². The third-order valence-corrected chi connectivity index (χ3v) is 4.01. The summed E-state index contributed by atoms with van der Waals surface area (Å²) in [6.07, 6.45) is 8.83. The third kappa shape index (κ3) is 2.93. The Kier molecular flexibility index (Phi) is 4.41. The van der Waals surface area contributed by atoms with E-state index in [4.69, 9.17) is 0 Å². The molecule has 0 saturated heterocycles. The van der Waals surface area contributed by atoms with E-state index in [0.717, 1.165) is 43.1 Å². The van der Waals surface area contributed by atoms with Crippen LogP contribution in [-0.4, -0.2) is 21.9 Å². The molecule has 1 aliphatic rings. The molecule has 1 saturated carbocycles. The van der Waals surface area contributed by atoms with Gasteiger partial charge in [0.2, 0.25) is 0 Å². The van der Waals surface area contributed by atoms with Crippen LogP contribution in [0.5, 0.6) is 0 Å². The predicted molar refractivity (Wildman–Crippen MR) is 74.1 cm³/mol. The molecule has 2 rings (SSSR count). The number of nitrogens with zero attached hydrogens (tertiary/aromatic N) is 3. The zero-order chi connectivity index (χ0) is 13.0. The van der Waals surface area contributed by atoms with Gasteiger partial charge < -0.3 is 0 Å². The number of aromatic nitrogens is 2. The minimum absolute atomic E-state index is 0.328. The van der Waals surface area contributed by atoms with E-state index in [9.17, 15) is 5.26 Å². The van der Waals surface area contributed by atoms with Gasteiger partial charge in [-0.3, -0.25) is 10.00 Å². The molecule has 18 heavy (non-hydrogen) atoms. The first kappa shape index (κ1) is 13.6. The lowest BCUT2D eigenvalue weighted by Gasteiger charge is -2.36. The number of hydrogen-bond donors (Lipinski definition) is 1. The highest BCUT2D eigenvalue weighted by atomic mass is 79.9. The van der Waals surface area contributed by atoms with Crippen LogP contribution in [-0.2, 0) is 0 Å². The van der Waals surface area contributed by atoms with Crippen molar-refractivity contribution in [1.29, 1.82) is 5.26 Å². The van der Waals surface area contributed by atoms with Gasteiger partial charge in [-0.15, -0.1) is 0 Å². The van der Waals surface area contributed by atoms with Gasteiger partial charge >= 0.3 is 0 Å². The second kappa shape index (κ2) is 5.85. The van der Waals surface area contributed by atoms with Crippen LogP contribution >= 0.6 is 15.9 Å². The highest BCUT2D eigenvalue weighted by Crippen LogP contribution is 2.35. The maximum Gasteiger partial charge on any atom is 0.108 e. The Bertz CT molecular complexity index is 436. The summed E-state index contributed by atoms with van der Waals surface area (Å²) in [7, 11) is 0. The number of nitrogens with one attached hydrogen (secondary N) is 1. The Morgan fingerprint density at radius 2 is 2.56 bits per heavy atom. The predicted octanol–water partition coefficient (Wildman–Crippen LogP) is 3.02. The van der Waals surface area contributed by atoms with Gasteiger partial charge in [-0.05, 0) is 48.2 Å². The van der Waals surface area contributed by atoms with Gasteiger partial charge in [-0.1, -0.05) is 6.92 Å². The summed E-state index contributed by atoms with van der Waals surface area (Å²) < 4.78 is 2.99. The van der Waals surface area contributed by atoms with Crippen molar-refractivity contribution < 1.29 is 0 Å². The van der Waals surface area contributed by atoms with Crippen LogP contribution in [0.1, 0.15) is 45.1 Å². The van der Waals surface area contributed by atoms with Crippen LogP contribution in [0.25, 0.3) is 0 Å². The van der Waals surface area contributed by atoms with Gasteiger partial charge in [0.1, 0.15) is 5.54 Å². The number of nitriles is 1. The maximum absolute atomic E-state index is 9.49. The molecular formula is C13H19BrN4. The van der Waals surface area contributed by atoms with Crippen molar-refractivity contribution in [2.24, 2.45) is 0 Å². The first-order valence-electron chi connectivity index (χ1n) is 6.55. The van der Waals surface area contributed by atoms with E-state index in [2.05, 4.69) is 39.3 Å². The van der Waals surface area contributed by atoms with Crippen molar-refractivity contribution >= 4 is 15.9 Å². The van der Waals surface area contributed by atoms with Gasteiger partial charge in [-0.25, -0.2) is 0 Å². The van der Waals surface area contributed by atoms with Crippen molar-refractivity contribution in [2.75, 3.05) is 6.54 Å². The Morgan fingerprint density at radius 3 is 3.17 bits per heavy atom. The van der Waals surface area contributed by atoms with Crippen LogP contribution < -0.4 is 5.32 Å². The summed E-state index contributed by atoms with van der Waals surface area (Å²) in [4.78, 5) is 0. The van der Waals surface area contributed by atoms with Crippen molar-refractivity contribution in [2.45, 2.75) is 50.6 Å². The molecule has 0 aromatic carbocycles. The molecule has 0 bridgehead atoms. The maximum atomic E-state index is 9.49. The molecule has 1 aliphatic carbocycles. The molecule has 2 unspecified atom stereocenters. The van der Waals surface area contributed by atoms with Gasteiger partial charge in [0, 0.05) is 12.6 Å². The lowest BCUT2D eigenvalue weighted by atomic mass is 9.80. The van der Waals surface area contributed by atoms with Crippen LogP contribution in [0.2, 0.25) is 0 Å². The SMILES string of the molecule is CCCNC1(C#N)CCCC(n2cc(Br)cn2)C1. The quantitative estimate of drug-likeness (QED) is 0.930. The summed E-state index contributed by atoms with van der Waals surface area (Å²) in [5.74, 6) is 0. The van der Waals surface area contributed by atoms with Crippen LogP contribution in [0, 0.1) is 11.3 Å².